The summed E-state index contributed by atoms with van der Waals surface area (Å²) in [6, 6.07) is 19.0. The molecule has 4 nitrogen and oxygen atoms in total. The monoisotopic (exact) mass is 409 g/mol. The molecule has 143 valence electrons. The molecule has 1 radical (unpaired) electrons. The topological polar surface area (TPSA) is 67.5 Å². The molecule has 0 heterocycles. The second-order valence-electron chi connectivity index (χ2n) is 6.21. The first kappa shape index (κ1) is 22.7. The third-order valence-electron chi connectivity index (χ3n) is 3.92. The van der Waals surface area contributed by atoms with E-state index in [4.69, 9.17) is 0 Å². The Kier molecular flexibility index (Phi) is 10.2. The molecule has 0 aliphatic rings. The summed E-state index contributed by atoms with van der Waals surface area (Å²) in [6.45, 7) is 4.95. The van der Waals surface area contributed by atoms with Crippen LogP contribution < -0.4 is 0 Å². The molecule has 0 amide bonds. The first-order valence-corrected chi connectivity index (χ1v) is 8.76. The number of hydrogen-bond acceptors (Lipinski definition) is 2. The Morgan fingerprint density at radius 3 is 1.33 bits per heavy atom. The van der Waals surface area contributed by atoms with Crippen LogP contribution in [0.1, 0.15) is 37.8 Å². The summed E-state index contributed by atoms with van der Waals surface area (Å²) < 4.78 is 0. The Labute approximate surface area is 171 Å². The van der Waals surface area contributed by atoms with Crippen LogP contribution in [0.4, 0.5) is 0 Å². The maximum atomic E-state index is 10.1. The van der Waals surface area contributed by atoms with Crippen LogP contribution in [0.5, 0.6) is 0 Å². The van der Waals surface area contributed by atoms with Crippen molar-refractivity contribution in [3.05, 3.63) is 71.8 Å². The van der Waals surface area contributed by atoms with Crippen molar-refractivity contribution >= 4 is 23.0 Å². The van der Waals surface area contributed by atoms with E-state index in [-0.39, 0.29) is 16.8 Å². The molecule has 0 saturated carbocycles. The van der Waals surface area contributed by atoms with Gasteiger partial charge in [-0.05, 0) is 38.1 Å². The Morgan fingerprint density at radius 2 is 1.00 bits per heavy atom. The Bertz CT molecular complexity index is 730. The van der Waals surface area contributed by atoms with Gasteiger partial charge in [-0.2, -0.15) is 0 Å². The fraction of sp³-hybridized carbons (Fsp3) is 0.273. The van der Waals surface area contributed by atoms with Gasteiger partial charge in [0.15, 0.2) is 0 Å². The molecule has 0 unspecified atom stereocenters. The molecule has 0 atom stereocenters. The van der Waals surface area contributed by atoms with Crippen LogP contribution in [0.15, 0.2) is 70.6 Å². The molecule has 5 heteroatoms. The molecule has 2 aromatic rings. The smallest absolute Gasteiger partial charge is 0.292 e. The molecule has 2 rings (SSSR count). The summed E-state index contributed by atoms with van der Waals surface area (Å²) in [4.78, 5) is 29.2. The molecule has 0 aliphatic heterocycles. The third kappa shape index (κ3) is 8.24. The van der Waals surface area contributed by atoms with Gasteiger partial charge in [-0.25, -0.2) is 0 Å². The normalized spacial score (nSPS) is 11.6. The fourth-order valence-electron chi connectivity index (χ4n) is 2.54. The minimum Gasteiger partial charge on any atom is -0.292 e. The van der Waals surface area contributed by atoms with Crippen LogP contribution in [0.3, 0.4) is 0 Å². The number of rotatable bonds is 9. The number of nitrogens with zero attached hydrogens (tertiary/aromatic N) is 2. The maximum absolute atomic E-state index is 10.1. The van der Waals surface area contributed by atoms with Crippen LogP contribution in [-0.4, -0.2) is 45.7 Å². The van der Waals surface area contributed by atoms with Crippen molar-refractivity contribution in [1.82, 2.24) is 0 Å². The number of carbonyl (C=O) groups excluding carboxylic acids is 2. The van der Waals surface area contributed by atoms with Gasteiger partial charge in [0, 0.05) is 28.2 Å². The molecule has 0 aromatic heterocycles. The van der Waals surface area contributed by atoms with E-state index in [0.717, 1.165) is 22.6 Å². The molecule has 0 spiro atoms. The van der Waals surface area contributed by atoms with Crippen LogP contribution in [0.2, 0.25) is 0 Å². The molecule has 0 fully saturated rings. The summed E-state index contributed by atoms with van der Waals surface area (Å²) in [6.07, 6.45) is 0.880. The Morgan fingerprint density at radius 1 is 0.667 bits per heavy atom. The van der Waals surface area contributed by atoms with E-state index in [1.807, 2.05) is 74.5 Å². The van der Waals surface area contributed by atoms with Gasteiger partial charge in [-0.15, -0.1) is 0 Å². The van der Waals surface area contributed by atoms with Crippen molar-refractivity contribution in [2.24, 2.45) is 9.98 Å². The number of aliphatic imine (C=N–C) groups is 2. The van der Waals surface area contributed by atoms with Gasteiger partial charge in [0.1, 0.15) is 12.8 Å². The van der Waals surface area contributed by atoms with E-state index in [1.165, 1.54) is 0 Å². The minimum atomic E-state index is 0. The first-order chi connectivity index (χ1) is 12.6. The zero-order chi connectivity index (χ0) is 18.8. The van der Waals surface area contributed by atoms with Crippen molar-refractivity contribution in [3.63, 3.8) is 0 Å². The number of ketones is 2. The van der Waals surface area contributed by atoms with Gasteiger partial charge in [0.25, 0.3) is 0 Å². The Hall–Kier alpha value is -2.37. The molecule has 0 aliphatic carbocycles. The average Bonchev–Trinajstić information content (AvgIpc) is 2.66. The second kappa shape index (κ2) is 12.1. The number of hydrogen-bond donors (Lipinski definition) is 0. The molecular formula is C22H26CoN2O2+2. The molecule has 2 N–H and O–H groups in total. The fourth-order valence-corrected chi connectivity index (χ4v) is 2.54. The third-order valence-corrected chi connectivity index (χ3v) is 3.92. The van der Waals surface area contributed by atoms with Gasteiger partial charge in [-0.1, -0.05) is 36.4 Å². The van der Waals surface area contributed by atoms with Gasteiger partial charge in [0.05, 0.1) is 24.2 Å². The predicted octanol–water partition coefficient (Wildman–Crippen LogP) is 3.87. The summed E-state index contributed by atoms with van der Waals surface area (Å²) in [7, 11) is 0. The van der Waals surface area contributed by atoms with E-state index < -0.39 is 0 Å². The second-order valence-corrected chi connectivity index (χ2v) is 6.21. The van der Waals surface area contributed by atoms with Gasteiger partial charge in [0.2, 0.25) is 0 Å². The first-order valence-electron chi connectivity index (χ1n) is 8.76. The molecular weight excluding hydrogens is 383 g/mol. The Balaban J connectivity index is 0.00000364. The summed E-state index contributed by atoms with van der Waals surface area (Å²) in [5, 5.41) is 0. The molecule has 0 saturated heterocycles. The largest absolute Gasteiger partial charge is 0.329 e. The molecule has 27 heavy (non-hydrogen) atoms. The van der Waals surface area contributed by atoms with E-state index in [9.17, 15) is 9.59 Å². The number of benzene rings is 2. The van der Waals surface area contributed by atoms with Gasteiger partial charge < -0.3 is 0 Å². The van der Waals surface area contributed by atoms with Crippen LogP contribution in [0, 0.1) is 0 Å². The van der Waals surface area contributed by atoms with E-state index in [1.54, 1.807) is 0 Å². The van der Waals surface area contributed by atoms with Crippen molar-refractivity contribution in [2.75, 3.05) is 13.1 Å². The predicted molar refractivity (Wildman–Crippen MR) is 110 cm³/mol. The van der Waals surface area contributed by atoms with Crippen LogP contribution in [0.25, 0.3) is 0 Å². The van der Waals surface area contributed by atoms with Crippen molar-refractivity contribution < 1.29 is 26.4 Å². The zero-order valence-electron chi connectivity index (χ0n) is 15.7. The zero-order valence-corrected chi connectivity index (χ0v) is 16.8. The summed E-state index contributed by atoms with van der Waals surface area (Å²) in [5.74, 6) is 0.655. The quantitative estimate of drug-likeness (QED) is 0.261. The van der Waals surface area contributed by atoms with Gasteiger partial charge >= 0.3 is 11.6 Å². The van der Waals surface area contributed by atoms with E-state index in [0.29, 0.717) is 37.5 Å². The van der Waals surface area contributed by atoms with Crippen LogP contribution >= 0.6 is 0 Å². The summed E-state index contributed by atoms with van der Waals surface area (Å²) >= 11 is 0. The van der Waals surface area contributed by atoms with Crippen molar-refractivity contribution in [1.29, 1.82) is 0 Å². The van der Waals surface area contributed by atoms with E-state index >= 15 is 0 Å². The van der Waals surface area contributed by atoms with Crippen molar-refractivity contribution in [3.8, 4) is 0 Å². The minimum absolute atomic E-state index is 0. The average molecular weight is 409 g/mol. The standard InChI is InChI=1S/C22H24N2O2.Co/c1-17(15-21(25)19-9-5-3-6-10-19)23-13-14-24-18(2)16-22(26)20-11-7-4-8-12-20;/h3-12H,13-16H2,1-2H3;/p+2. The van der Waals surface area contributed by atoms with E-state index in [2.05, 4.69) is 9.98 Å². The molecule has 2 aromatic carbocycles. The molecule has 0 bridgehead atoms. The van der Waals surface area contributed by atoms with Crippen LogP contribution in [-0.2, 0) is 16.8 Å². The maximum Gasteiger partial charge on any atom is 0.329 e. The van der Waals surface area contributed by atoms with Crippen molar-refractivity contribution in [2.45, 2.75) is 26.7 Å². The summed E-state index contributed by atoms with van der Waals surface area (Å²) in [5.41, 5.74) is 3.39. The van der Waals surface area contributed by atoms with Gasteiger partial charge in [-0.3, -0.25) is 19.6 Å². The SMILES string of the molecule is CC(CC(=[OH+])c1ccccc1)=NCCN=C(C)CC(=[OH+])c1ccccc1.[Co].